The van der Waals surface area contributed by atoms with Crippen LogP contribution < -0.4 is 0 Å². The van der Waals surface area contributed by atoms with Crippen molar-refractivity contribution in [3.05, 3.63) is 0 Å². The van der Waals surface area contributed by atoms with E-state index in [9.17, 15) is 9.59 Å². The van der Waals surface area contributed by atoms with Crippen molar-refractivity contribution in [2.45, 2.75) is 12.5 Å². The smallest absolute Gasteiger partial charge is 0.331 e. The second kappa shape index (κ2) is 3.85. The van der Waals surface area contributed by atoms with Crippen LogP contribution in [0.15, 0.2) is 0 Å². The Morgan fingerprint density at radius 2 is 2.08 bits per heavy atom. The summed E-state index contributed by atoms with van der Waals surface area (Å²) in [7, 11) is 1.27. The molecule has 0 amide bonds. The monoisotopic (exact) mass is 188 g/mol. The van der Waals surface area contributed by atoms with Crippen LogP contribution >= 0.6 is 0 Å². The van der Waals surface area contributed by atoms with E-state index < -0.39 is 11.6 Å². The van der Waals surface area contributed by atoms with E-state index in [4.69, 9.17) is 9.47 Å². The molecule has 0 spiro atoms. The van der Waals surface area contributed by atoms with Crippen molar-refractivity contribution >= 4 is 11.8 Å². The topological polar surface area (TPSA) is 61.8 Å². The van der Waals surface area contributed by atoms with E-state index in [0.29, 0.717) is 0 Å². The summed E-state index contributed by atoms with van der Waals surface area (Å²) in [5, 5.41) is 0. The number of hydrogen-bond donors (Lipinski definition) is 0. The summed E-state index contributed by atoms with van der Waals surface area (Å²) in [6.07, 6.45) is 0. The predicted octanol–water partition coefficient (Wildman–Crippen LogP) is -0.466. The zero-order chi connectivity index (χ0) is 9.90. The van der Waals surface area contributed by atoms with Gasteiger partial charge in [-0.2, -0.15) is 0 Å². The van der Waals surface area contributed by atoms with Crippen LogP contribution in [0.3, 0.4) is 0 Å². The van der Waals surface area contributed by atoms with Gasteiger partial charge in [0.1, 0.15) is 6.61 Å². The SMILES string of the molecule is COC(=O)COC1(C(C)=O)COC1. The van der Waals surface area contributed by atoms with Crippen LogP contribution in [0, 0.1) is 0 Å². The lowest BCUT2D eigenvalue weighted by atomic mass is 9.97. The fourth-order valence-corrected chi connectivity index (χ4v) is 0.932. The Morgan fingerprint density at radius 3 is 2.38 bits per heavy atom. The average Bonchev–Trinajstić information content (AvgIpc) is 2.01. The van der Waals surface area contributed by atoms with Gasteiger partial charge < -0.3 is 14.2 Å². The highest BCUT2D eigenvalue weighted by Gasteiger charge is 2.45. The first-order valence-electron chi connectivity index (χ1n) is 3.90. The maximum Gasteiger partial charge on any atom is 0.331 e. The average molecular weight is 188 g/mol. The normalized spacial score (nSPS) is 18.9. The molecule has 0 aromatic carbocycles. The van der Waals surface area contributed by atoms with Crippen LogP contribution in [0.2, 0.25) is 0 Å². The highest BCUT2D eigenvalue weighted by atomic mass is 16.6. The summed E-state index contributed by atoms with van der Waals surface area (Å²) >= 11 is 0. The molecule has 0 aliphatic carbocycles. The van der Waals surface area contributed by atoms with Crippen LogP contribution in [0.1, 0.15) is 6.92 Å². The Morgan fingerprint density at radius 1 is 1.46 bits per heavy atom. The third kappa shape index (κ3) is 2.05. The van der Waals surface area contributed by atoms with E-state index in [1.165, 1.54) is 14.0 Å². The second-order valence-corrected chi connectivity index (χ2v) is 2.91. The van der Waals surface area contributed by atoms with Gasteiger partial charge in [0.05, 0.1) is 20.3 Å². The molecule has 0 N–H and O–H groups in total. The van der Waals surface area contributed by atoms with Gasteiger partial charge >= 0.3 is 5.97 Å². The molecular weight excluding hydrogens is 176 g/mol. The summed E-state index contributed by atoms with van der Waals surface area (Å²) in [6.45, 7) is 1.65. The molecule has 0 saturated carbocycles. The minimum Gasteiger partial charge on any atom is -0.467 e. The number of rotatable bonds is 4. The molecule has 1 saturated heterocycles. The first kappa shape index (κ1) is 10.1. The molecule has 74 valence electrons. The number of ketones is 1. The molecule has 0 radical (unpaired) electrons. The predicted molar refractivity (Wildman–Crippen MR) is 42.2 cm³/mol. The zero-order valence-corrected chi connectivity index (χ0v) is 7.66. The van der Waals surface area contributed by atoms with Gasteiger partial charge in [0.2, 0.25) is 0 Å². The quantitative estimate of drug-likeness (QED) is 0.558. The van der Waals surface area contributed by atoms with Gasteiger partial charge in [-0.25, -0.2) is 4.79 Å². The molecule has 13 heavy (non-hydrogen) atoms. The second-order valence-electron chi connectivity index (χ2n) is 2.91. The largest absolute Gasteiger partial charge is 0.467 e. The summed E-state index contributed by atoms with van der Waals surface area (Å²) in [6, 6.07) is 0. The summed E-state index contributed by atoms with van der Waals surface area (Å²) in [5.74, 6) is -0.616. The molecule has 0 bridgehead atoms. The summed E-state index contributed by atoms with van der Waals surface area (Å²) in [5.41, 5.74) is -0.909. The van der Waals surface area contributed by atoms with Gasteiger partial charge in [-0.1, -0.05) is 0 Å². The fraction of sp³-hybridized carbons (Fsp3) is 0.750. The van der Waals surface area contributed by atoms with E-state index in [0.717, 1.165) is 0 Å². The Hall–Kier alpha value is -0.940. The van der Waals surface area contributed by atoms with E-state index in [1.807, 2.05) is 0 Å². The van der Waals surface area contributed by atoms with E-state index in [-0.39, 0.29) is 25.6 Å². The lowest BCUT2D eigenvalue weighted by Crippen LogP contribution is -2.57. The highest BCUT2D eigenvalue weighted by molar-refractivity contribution is 5.86. The minimum atomic E-state index is -0.909. The van der Waals surface area contributed by atoms with Crippen LogP contribution in [-0.2, 0) is 23.8 Å². The van der Waals surface area contributed by atoms with Gasteiger partial charge in [-0.05, 0) is 6.92 Å². The van der Waals surface area contributed by atoms with Crippen LogP contribution in [0.4, 0.5) is 0 Å². The molecule has 0 aromatic rings. The lowest BCUT2D eigenvalue weighted by molar-refractivity contribution is -0.210. The van der Waals surface area contributed by atoms with Crippen LogP contribution in [0.5, 0.6) is 0 Å². The maximum atomic E-state index is 11.1. The Labute approximate surface area is 76.0 Å². The van der Waals surface area contributed by atoms with Crippen molar-refractivity contribution in [3.63, 3.8) is 0 Å². The van der Waals surface area contributed by atoms with E-state index >= 15 is 0 Å². The van der Waals surface area contributed by atoms with Crippen molar-refractivity contribution in [1.29, 1.82) is 0 Å². The third-order valence-corrected chi connectivity index (χ3v) is 2.01. The minimum absolute atomic E-state index is 0.123. The van der Waals surface area contributed by atoms with Gasteiger partial charge in [0.25, 0.3) is 0 Å². The number of Topliss-reactive ketones (excluding diaryl/α,β-unsaturated/α-hetero) is 1. The summed E-state index contributed by atoms with van der Waals surface area (Å²) in [4.78, 5) is 21.8. The van der Waals surface area contributed by atoms with Crippen molar-refractivity contribution in [1.82, 2.24) is 0 Å². The first-order chi connectivity index (χ1) is 6.10. The summed E-state index contributed by atoms with van der Waals surface area (Å²) < 4.78 is 14.4. The molecule has 1 aliphatic rings. The number of ether oxygens (including phenoxy) is 3. The van der Waals surface area contributed by atoms with Gasteiger partial charge in [-0.3, -0.25) is 4.79 Å². The fourth-order valence-electron chi connectivity index (χ4n) is 0.932. The van der Waals surface area contributed by atoms with E-state index in [1.54, 1.807) is 0 Å². The molecule has 1 heterocycles. The van der Waals surface area contributed by atoms with Gasteiger partial charge in [0.15, 0.2) is 11.4 Å². The molecule has 1 fully saturated rings. The number of carbonyl (C=O) groups is 2. The number of hydrogen-bond acceptors (Lipinski definition) is 5. The number of esters is 1. The molecule has 1 aliphatic heterocycles. The molecular formula is C8H12O5. The maximum absolute atomic E-state index is 11.1. The van der Waals surface area contributed by atoms with Crippen molar-refractivity contribution in [2.24, 2.45) is 0 Å². The standard InChI is InChI=1S/C8H12O5/c1-6(9)8(4-12-5-8)13-3-7(10)11-2/h3-5H2,1-2H3. The molecule has 1 rings (SSSR count). The molecule has 0 atom stereocenters. The van der Waals surface area contributed by atoms with Gasteiger partial charge in [-0.15, -0.1) is 0 Å². The van der Waals surface area contributed by atoms with E-state index in [2.05, 4.69) is 4.74 Å². The zero-order valence-electron chi connectivity index (χ0n) is 7.66. The first-order valence-corrected chi connectivity index (χ1v) is 3.90. The molecule has 0 aromatic heterocycles. The Balaban J connectivity index is 2.41. The molecule has 0 unspecified atom stereocenters. The Kier molecular flexibility index (Phi) is 3.00. The highest BCUT2D eigenvalue weighted by Crippen LogP contribution is 2.22. The number of methoxy groups -OCH3 is 1. The van der Waals surface area contributed by atoms with Crippen LogP contribution in [-0.4, -0.2) is 44.3 Å². The number of carbonyl (C=O) groups excluding carboxylic acids is 2. The molecule has 5 heteroatoms. The van der Waals surface area contributed by atoms with Crippen molar-refractivity contribution in [3.8, 4) is 0 Å². The lowest BCUT2D eigenvalue weighted by Gasteiger charge is -2.38. The van der Waals surface area contributed by atoms with Crippen molar-refractivity contribution < 1.29 is 23.8 Å². The molecule has 5 nitrogen and oxygen atoms in total. The van der Waals surface area contributed by atoms with Gasteiger partial charge in [0, 0.05) is 0 Å². The van der Waals surface area contributed by atoms with Crippen molar-refractivity contribution in [2.75, 3.05) is 26.9 Å². The Bertz CT molecular complexity index is 219. The third-order valence-electron chi connectivity index (χ3n) is 2.01. The van der Waals surface area contributed by atoms with Crippen LogP contribution in [0.25, 0.3) is 0 Å².